The molecule has 0 saturated heterocycles. The highest BCUT2D eigenvalue weighted by Crippen LogP contribution is 2.27. The predicted molar refractivity (Wildman–Crippen MR) is 64.9 cm³/mol. The van der Waals surface area contributed by atoms with Crippen LogP contribution in [0.15, 0.2) is 23.6 Å². The molecule has 0 aliphatic heterocycles. The number of rotatable bonds is 3. The third kappa shape index (κ3) is 2.50. The average molecular weight is 254 g/mol. The van der Waals surface area contributed by atoms with Crippen molar-refractivity contribution in [3.63, 3.8) is 0 Å². The zero-order valence-electron chi connectivity index (χ0n) is 9.50. The molecule has 1 aromatic heterocycles. The smallest absolute Gasteiger partial charge is 0.132 e. The van der Waals surface area contributed by atoms with Gasteiger partial charge in [-0.2, -0.15) is 0 Å². The van der Waals surface area contributed by atoms with E-state index in [0.717, 1.165) is 23.2 Å². The van der Waals surface area contributed by atoms with Crippen molar-refractivity contribution in [3.05, 3.63) is 40.2 Å². The highest BCUT2D eigenvalue weighted by molar-refractivity contribution is 7.10. The monoisotopic (exact) mass is 254 g/mol. The van der Waals surface area contributed by atoms with Crippen molar-refractivity contribution in [2.24, 2.45) is 0 Å². The molecule has 17 heavy (non-hydrogen) atoms. The van der Waals surface area contributed by atoms with E-state index in [4.69, 9.17) is 0 Å². The number of nitrogens with zero attached hydrogens (tertiary/aromatic N) is 1. The first-order chi connectivity index (χ1) is 8.11. The summed E-state index contributed by atoms with van der Waals surface area (Å²) in [6.07, 6.45) is 0. The lowest BCUT2D eigenvalue weighted by Gasteiger charge is -2.04. The average Bonchev–Trinajstić information content (AvgIpc) is 2.80. The van der Waals surface area contributed by atoms with Crippen LogP contribution in [0, 0.1) is 11.6 Å². The van der Waals surface area contributed by atoms with Gasteiger partial charge in [0.15, 0.2) is 0 Å². The number of nitrogens with one attached hydrogen (secondary N) is 1. The van der Waals surface area contributed by atoms with Crippen LogP contribution in [-0.4, -0.2) is 12.0 Å². The fourth-order valence-corrected chi connectivity index (χ4v) is 2.31. The van der Waals surface area contributed by atoms with Crippen LogP contribution in [0.25, 0.3) is 11.3 Å². The lowest BCUT2D eigenvalue weighted by molar-refractivity contribution is 0.602. The summed E-state index contributed by atoms with van der Waals surface area (Å²) in [5, 5.41) is 5.64. The van der Waals surface area contributed by atoms with Gasteiger partial charge < -0.3 is 5.32 Å². The van der Waals surface area contributed by atoms with Gasteiger partial charge >= 0.3 is 0 Å². The quantitative estimate of drug-likeness (QED) is 0.908. The minimum absolute atomic E-state index is 0.102. The standard InChI is InChI=1S/C12H12F2N2S/c1-7(15-2)12-16-11(6-17-12)9-5-8(13)3-4-10(9)14/h3-7,15H,1-2H3. The molecule has 90 valence electrons. The highest BCUT2D eigenvalue weighted by atomic mass is 32.1. The molecule has 0 saturated carbocycles. The molecular formula is C12H12F2N2S. The molecule has 0 spiro atoms. The molecule has 1 unspecified atom stereocenters. The largest absolute Gasteiger partial charge is 0.311 e. The first-order valence-electron chi connectivity index (χ1n) is 5.20. The lowest BCUT2D eigenvalue weighted by atomic mass is 10.1. The maximum absolute atomic E-state index is 13.5. The molecule has 1 aromatic carbocycles. The Kier molecular flexibility index (Phi) is 3.49. The number of hydrogen-bond donors (Lipinski definition) is 1. The van der Waals surface area contributed by atoms with E-state index >= 15 is 0 Å². The van der Waals surface area contributed by atoms with Crippen LogP contribution in [0.1, 0.15) is 18.0 Å². The van der Waals surface area contributed by atoms with Crippen LogP contribution >= 0.6 is 11.3 Å². The third-order valence-electron chi connectivity index (χ3n) is 2.53. The number of halogens is 2. The normalized spacial score (nSPS) is 12.7. The van der Waals surface area contributed by atoms with E-state index in [9.17, 15) is 8.78 Å². The summed E-state index contributed by atoms with van der Waals surface area (Å²) in [5.74, 6) is -0.919. The molecule has 2 nitrogen and oxygen atoms in total. The fourth-order valence-electron chi connectivity index (χ4n) is 1.43. The lowest BCUT2D eigenvalue weighted by Crippen LogP contribution is -2.11. The van der Waals surface area contributed by atoms with Crippen LogP contribution in [0.3, 0.4) is 0 Å². The molecule has 2 rings (SSSR count). The number of benzene rings is 1. The first-order valence-corrected chi connectivity index (χ1v) is 6.08. The van der Waals surface area contributed by atoms with Gasteiger partial charge in [-0.25, -0.2) is 13.8 Å². The maximum atomic E-state index is 13.5. The molecule has 0 aliphatic carbocycles. The third-order valence-corrected chi connectivity index (χ3v) is 3.56. The molecule has 1 N–H and O–H groups in total. The summed E-state index contributed by atoms with van der Waals surface area (Å²) >= 11 is 1.43. The Morgan fingerprint density at radius 1 is 1.35 bits per heavy atom. The Labute approximate surface area is 102 Å². The highest BCUT2D eigenvalue weighted by Gasteiger charge is 2.13. The van der Waals surface area contributed by atoms with Crippen LogP contribution in [-0.2, 0) is 0 Å². The van der Waals surface area contributed by atoms with E-state index in [1.807, 2.05) is 14.0 Å². The van der Waals surface area contributed by atoms with Gasteiger partial charge in [0, 0.05) is 10.9 Å². The van der Waals surface area contributed by atoms with Gasteiger partial charge in [0.05, 0.1) is 11.7 Å². The van der Waals surface area contributed by atoms with Gasteiger partial charge in [-0.1, -0.05) is 0 Å². The molecule has 1 atom stereocenters. The summed E-state index contributed by atoms with van der Waals surface area (Å²) in [5.41, 5.74) is 0.680. The van der Waals surface area contributed by atoms with Crippen molar-refractivity contribution in [2.75, 3.05) is 7.05 Å². The van der Waals surface area contributed by atoms with E-state index in [0.29, 0.717) is 5.69 Å². The van der Waals surface area contributed by atoms with Crippen molar-refractivity contribution in [1.29, 1.82) is 0 Å². The number of thiazole rings is 1. The Morgan fingerprint density at radius 2 is 2.12 bits per heavy atom. The number of aromatic nitrogens is 1. The van der Waals surface area contributed by atoms with Gasteiger partial charge in [0.25, 0.3) is 0 Å². The minimum atomic E-state index is -0.461. The van der Waals surface area contributed by atoms with Crippen LogP contribution in [0.5, 0.6) is 0 Å². The molecule has 0 radical (unpaired) electrons. The van der Waals surface area contributed by atoms with Crippen molar-refractivity contribution >= 4 is 11.3 Å². The Balaban J connectivity index is 2.40. The second-order valence-electron chi connectivity index (χ2n) is 3.71. The van der Waals surface area contributed by atoms with Crippen molar-refractivity contribution in [3.8, 4) is 11.3 Å². The molecule has 1 heterocycles. The van der Waals surface area contributed by atoms with Gasteiger partial charge in [-0.15, -0.1) is 11.3 Å². The number of hydrogen-bond acceptors (Lipinski definition) is 3. The van der Waals surface area contributed by atoms with Crippen molar-refractivity contribution in [1.82, 2.24) is 10.3 Å². The molecule has 0 bridgehead atoms. The zero-order chi connectivity index (χ0) is 12.4. The van der Waals surface area contributed by atoms with E-state index in [1.165, 1.54) is 11.3 Å². The Bertz CT molecular complexity index is 525. The molecular weight excluding hydrogens is 242 g/mol. The van der Waals surface area contributed by atoms with E-state index in [1.54, 1.807) is 5.38 Å². The van der Waals surface area contributed by atoms with Crippen molar-refractivity contribution < 1.29 is 8.78 Å². The summed E-state index contributed by atoms with van der Waals surface area (Å²) in [6, 6.07) is 3.48. The van der Waals surface area contributed by atoms with Gasteiger partial charge in [-0.3, -0.25) is 0 Å². The molecule has 0 fully saturated rings. The summed E-state index contributed by atoms with van der Waals surface area (Å²) < 4.78 is 26.6. The van der Waals surface area contributed by atoms with E-state index in [-0.39, 0.29) is 11.6 Å². The zero-order valence-corrected chi connectivity index (χ0v) is 10.3. The molecule has 2 aromatic rings. The maximum Gasteiger partial charge on any atom is 0.132 e. The molecule has 0 aliphatic rings. The summed E-state index contributed by atoms with van der Waals surface area (Å²) in [4.78, 5) is 4.30. The Hall–Kier alpha value is -1.33. The van der Waals surface area contributed by atoms with Crippen LogP contribution < -0.4 is 5.32 Å². The van der Waals surface area contributed by atoms with Gasteiger partial charge in [-0.05, 0) is 32.2 Å². The van der Waals surface area contributed by atoms with Crippen LogP contribution in [0.4, 0.5) is 8.78 Å². The predicted octanol–water partition coefficient (Wildman–Crippen LogP) is 3.37. The van der Waals surface area contributed by atoms with Gasteiger partial charge in [0.2, 0.25) is 0 Å². The Morgan fingerprint density at radius 3 is 2.82 bits per heavy atom. The fraction of sp³-hybridized carbons (Fsp3) is 0.250. The topological polar surface area (TPSA) is 24.9 Å². The molecule has 0 amide bonds. The van der Waals surface area contributed by atoms with E-state index < -0.39 is 11.6 Å². The SMILES string of the molecule is CNC(C)c1nc(-c2cc(F)ccc2F)cs1. The van der Waals surface area contributed by atoms with E-state index in [2.05, 4.69) is 10.3 Å². The van der Waals surface area contributed by atoms with Crippen LogP contribution in [0.2, 0.25) is 0 Å². The molecule has 5 heteroatoms. The second-order valence-corrected chi connectivity index (χ2v) is 4.60. The minimum Gasteiger partial charge on any atom is -0.311 e. The summed E-state index contributed by atoms with van der Waals surface area (Å²) in [7, 11) is 1.83. The van der Waals surface area contributed by atoms with Gasteiger partial charge in [0.1, 0.15) is 16.6 Å². The second kappa shape index (κ2) is 4.89. The summed E-state index contributed by atoms with van der Waals surface area (Å²) in [6.45, 7) is 1.96. The first kappa shape index (κ1) is 12.1. The van der Waals surface area contributed by atoms with Crippen molar-refractivity contribution in [2.45, 2.75) is 13.0 Å².